The standard InChI is InChI=1S/C16H21N3O4/c1-9(2)15-18-19-16(23-15)10(3)17-14(20)12-7-6-11(21-4)8-13(12)22-5/h6-10H,1-5H3,(H,17,20)/t10-/m0/s1. The van der Waals surface area contributed by atoms with Gasteiger partial charge in [-0.25, -0.2) is 0 Å². The summed E-state index contributed by atoms with van der Waals surface area (Å²) in [6.07, 6.45) is 0. The average Bonchev–Trinajstić information content (AvgIpc) is 3.04. The first-order valence-corrected chi connectivity index (χ1v) is 7.32. The normalized spacial score (nSPS) is 12.1. The minimum Gasteiger partial charge on any atom is -0.497 e. The van der Waals surface area contributed by atoms with Crippen molar-refractivity contribution in [3.63, 3.8) is 0 Å². The SMILES string of the molecule is COc1ccc(C(=O)N[C@@H](C)c2nnc(C(C)C)o2)c(OC)c1. The van der Waals surface area contributed by atoms with E-state index >= 15 is 0 Å². The summed E-state index contributed by atoms with van der Waals surface area (Å²) in [4.78, 5) is 12.4. The van der Waals surface area contributed by atoms with Crippen molar-refractivity contribution in [3.8, 4) is 11.5 Å². The van der Waals surface area contributed by atoms with Gasteiger partial charge >= 0.3 is 0 Å². The van der Waals surface area contributed by atoms with Crippen LogP contribution in [0.25, 0.3) is 0 Å². The third-order valence-corrected chi connectivity index (χ3v) is 3.32. The molecule has 0 unspecified atom stereocenters. The summed E-state index contributed by atoms with van der Waals surface area (Å²) in [5.74, 6) is 1.81. The smallest absolute Gasteiger partial charge is 0.255 e. The summed E-state index contributed by atoms with van der Waals surface area (Å²) < 4.78 is 15.9. The van der Waals surface area contributed by atoms with Crippen molar-refractivity contribution in [2.75, 3.05) is 14.2 Å². The van der Waals surface area contributed by atoms with Gasteiger partial charge in [-0.1, -0.05) is 13.8 Å². The molecule has 0 radical (unpaired) electrons. The molecule has 0 aliphatic heterocycles. The third kappa shape index (κ3) is 3.80. The molecule has 0 fully saturated rings. The Hall–Kier alpha value is -2.57. The maximum Gasteiger partial charge on any atom is 0.255 e. The highest BCUT2D eigenvalue weighted by Gasteiger charge is 2.20. The van der Waals surface area contributed by atoms with Crippen molar-refractivity contribution in [1.82, 2.24) is 15.5 Å². The van der Waals surface area contributed by atoms with Gasteiger partial charge < -0.3 is 19.2 Å². The lowest BCUT2D eigenvalue weighted by Gasteiger charge is -2.13. The Morgan fingerprint density at radius 1 is 1.13 bits per heavy atom. The van der Waals surface area contributed by atoms with Gasteiger partial charge in [0.15, 0.2) is 0 Å². The quantitative estimate of drug-likeness (QED) is 0.881. The summed E-state index contributed by atoms with van der Waals surface area (Å²) in [5, 5.41) is 10.8. The second-order valence-corrected chi connectivity index (χ2v) is 5.39. The summed E-state index contributed by atoms with van der Waals surface area (Å²) in [6, 6.07) is 4.59. The van der Waals surface area contributed by atoms with Gasteiger partial charge in [0.05, 0.1) is 19.8 Å². The van der Waals surface area contributed by atoms with Gasteiger partial charge in [-0.15, -0.1) is 10.2 Å². The maximum atomic E-state index is 12.4. The zero-order valence-corrected chi connectivity index (χ0v) is 13.9. The molecule has 1 N–H and O–H groups in total. The van der Waals surface area contributed by atoms with Crippen molar-refractivity contribution >= 4 is 5.91 Å². The number of methoxy groups -OCH3 is 2. The van der Waals surface area contributed by atoms with Crippen LogP contribution in [0.2, 0.25) is 0 Å². The van der Waals surface area contributed by atoms with E-state index in [1.807, 2.05) is 13.8 Å². The molecule has 0 bridgehead atoms. The van der Waals surface area contributed by atoms with Gasteiger partial charge in [0, 0.05) is 12.0 Å². The first-order valence-electron chi connectivity index (χ1n) is 7.32. The minimum atomic E-state index is -0.408. The number of amides is 1. The molecule has 2 rings (SSSR count). The second-order valence-electron chi connectivity index (χ2n) is 5.39. The predicted molar refractivity (Wildman–Crippen MR) is 83.8 cm³/mol. The van der Waals surface area contributed by atoms with Gasteiger partial charge in [0.25, 0.3) is 5.91 Å². The average molecular weight is 319 g/mol. The second kappa shape index (κ2) is 7.13. The lowest BCUT2D eigenvalue weighted by Crippen LogP contribution is -2.27. The van der Waals surface area contributed by atoms with E-state index in [4.69, 9.17) is 13.9 Å². The third-order valence-electron chi connectivity index (χ3n) is 3.32. The number of benzene rings is 1. The predicted octanol–water partition coefficient (Wildman–Crippen LogP) is 2.70. The van der Waals surface area contributed by atoms with Crippen molar-refractivity contribution in [2.24, 2.45) is 0 Å². The van der Waals surface area contributed by atoms with E-state index in [9.17, 15) is 4.79 Å². The lowest BCUT2D eigenvalue weighted by molar-refractivity contribution is 0.0930. The van der Waals surface area contributed by atoms with Crippen LogP contribution in [0.5, 0.6) is 11.5 Å². The molecule has 1 atom stereocenters. The number of rotatable bonds is 6. The zero-order chi connectivity index (χ0) is 17.0. The molecule has 0 aliphatic rings. The number of nitrogens with zero attached hydrogens (tertiary/aromatic N) is 2. The fourth-order valence-corrected chi connectivity index (χ4v) is 1.98. The zero-order valence-electron chi connectivity index (χ0n) is 13.9. The van der Waals surface area contributed by atoms with Gasteiger partial charge in [0.1, 0.15) is 17.5 Å². The molecule has 0 spiro atoms. The van der Waals surface area contributed by atoms with Crippen molar-refractivity contribution in [1.29, 1.82) is 0 Å². The molecule has 7 nitrogen and oxygen atoms in total. The molecule has 0 saturated carbocycles. The molecule has 0 saturated heterocycles. The van der Waals surface area contributed by atoms with E-state index < -0.39 is 6.04 Å². The molecule has 7 heteroatoms. The molecule has 1 aromatic heterocycles. The summed E-state index contributed by atoms with van der Waals surface area (Å²) >= 11 is 0. The first kappa shape index (κ1) is 16.8. The van der Waals surface area contributed by atoms with Crippen molar-refractivity contribution < 1.29 is 18.7 Å². The number of carbonyl (C=O) groups is 1. The number of hydrogen-bond donors (Lipinski definition) is 1. The largest absolute Gasteiger partial charge is 0.497 e. The maximum absolute atomic E-state index is 12.4. The highest BCUT2D eigenvalue weighted by molar-refractivity contribution is 5.97. The van der Waals surface area contributed by atoms with Crippen LogP contribution in [0.15, 0.2) is 22.6 Å². The summed E-state index contributed by atoms with van der Waals surface area (Å²) in [7, 11) is 3.06. The van der Waals surface area contributed by atoms with Crippen LogP contribution in [0.4, 0.5) is 0 Å². The Morgan fingerprint density at radius 3 is 2.39 bits per heavy atom. The molecule has 1 aromatic carbocycles. The van der Waals surface area contributed by atoms with Gasteiger partial charge in [-0.05, 0) is 19.1 Å². The molecule has 0 aliphatic carbocycles. The Bertz CT molecular complexity index is 682. The Labute approximate surface area is 135 Å². The van der Waals surface area contributed by atoms with E-state index in [0.29, 0.717) is 28.8 Å². The summed E-state index contributed by atoms with van der Waals surface area (Å²) in [5.41, 5.74) is 0.406. The van der Waals surface area contributed by atoms with Crippen LogP contribution >= 0.6 is 0 Å². The number of nitrogens with one attached hydrogen (secondary N) is 1. The first-order chi connectivity index (χ1) is 11.0. The number of hydrogen-bond acceptors (Lipinski definition) is 6. The molecule has 1 amide bonds. The molecule has 1 heterocycles. The highest BCUT2D eigenvalue weighted by Crippen LogP contribution is 2.25. The lowest BCUT2D eigenvalue weighted by atomic mass is 10.1. The minimum absolute atomic E-state index is 0.140. The molecule has 2 aromatic rings. The van der Waals surface area contributed by atoms with E-state index in [1.54, 1.807) is 32.2 Å². The number of carbonyl (C=O) groups excluding carboxylic acids is 1. The Balaban J connectivity index is 2.14. The van der Waals surface area contributed by atoms with Crippen molar-refractivity contribution in [3.05, 3.63) is 35.5 Å². The monoisotopic (exact) mass is 319 g/mol. The van der Waals surface area contributed by atoms with E-state index in [2.05, 4.69) is 15.5 Å². The van der Waals surface area contributed by atoms with Gasteiger partial charge in [0.2, 0.25) is 11.8 Å². The Kier molecular flexibility index (Phi) is 5.20. The Morgan fingerprint density at radius 2 is 1.83 bits per heavy atom. The van der Waals surface area contributed by atoms with Crippen molar-refractivity contribution in [2.45, 2.75) is 32.7 Å². The van der Waals surface area contributed by atoms with Crippen LogP contribution in [-0.4, -0.2) is 30.3 Å². The number of ether oxygens (including phenoxy) is 2. The fourth-order valence-electron chi connectivity index (χ4n) is 1.98. The van der Waals surface area contributed by atoms with E-state index in [1.165, 1.54) is 7.11 Å². The van der Waals surface area contributed by atoms with Crippen LogP contribution < -0.4 is 14.8 Å². The fraction of sp³-hybridized carbons (Fsp3) is 0.438. The van der Waals surface area contributed by atoms with Crippen LogP contribution in [0, 0.1) is 0 Å². The van der Waals surface area contributed by atoms with Crippen LogP contribution in [0.3, 0.4) is 0 Å². The van der Waals surface area contributed by atoms with Crippen LogP contribution in [-0.2, 0) is 0 Å². The number of aromatic nitrogens is 2. The van der Waals surface area contributed by atoms with Gasteiger partial charge in [-0.3, -0.25) is 4.79 Å². The van der Waals surface area contributed by atoms with E-state index in [-0.39, 0.29) is 11.8 Å². The topological polar surface area (TPSA) is 86.5 Å². The summed E-state index contributed by atoms with van der Waals surface area (Å²) in [6.45, 7) is 5.71. The van der Waals surface area contributed by atoms with Gasteiger partial charge in [-0.2, -0.15) is 0 Å². The van der Waals surface area contributed by atoms with E-state index in [0.717, 1.165) is 0 Å². The molecular formula is C16H21N3O4. The van der Waals surface area contributed by atoms with Crippen LogP contribution in [0.1, 0.15) is 54.9 Å². The molecule has 23 heavy (non-hydrogen) atoms. The molecular weight excluding hydrogens is 298 g/mol. The highest BCUT2D eigenvalue weighted by atomic mass is 16.5. The molecule has 124 valence electrons.